The van der Waals surface area contributed by atoms with E-state index < -0.39 is 12.7 Å². The van der Waals surface area contributed by atoms with Crippen LogP contribution in [0.15, 0.2) is 0 Å². The topological polar surface area (TPSA) is 28.2 Å². The molecular weight excluding hydrogens is 335 g/mol. The molecule has 0 saturated heterocycles. The van der Waals surface area contributed by atoms with Gasteiger partial charge < -0.3 is 10.2 Å². The Morgan fingerprint density at radius 3 is 2.62 bits per heavy atom. The van der Waals surface area contributed by atoms with E-state index in [1.165, 1.54) is 49.9 Å². The third-order valence-corrected chi connectivity index (χ3v) is 6.23. The van der Waals surface area contributed by atoms with E-state index in [0.717, 1.165) is 49.0 Å². The normalized spacial score (nSPS) is 20.6. The van der Waals surface area contributed by atoms with Crippen LogP contribution in [0.2, 0.25) is 0 Å². The number of halogens is 3. The molecule has 24 heavy (non-hydrogen) atoms. The zero-order chi connectivity index (χ0) is 17.0. The highest BCUT2D eigenvalue weighted by molar-refractivity contribution is 7.15. The van der Waals surface area contributed by atoms with Gasteiger partial charge in [0, 0.05) is 24.4 Å². The monoisotopic (exact) mass is 361 g/mol. The van der Waals surface area contributed by atoms with Crippen molar-refractivity contribution in [2.75, 3.05) is 31.5 Å². The number of anilines is 1. The van der Waals surface area contributed by atoms with Gasteiger partial charge in [-0.2, -0.15) is 13.2 Å². The number of hydrogen-bond donors (Lipinski definition) is 1. The maximum Gasteiger partial charge on any atom is 0.405 e. The molecule has 1 aliphatic heterocycles. The van der Waals surface area contributed by atoms with Crippen LogP contribution in [0.3, 0.4) is 0 Å². The van der Waals surface area contributed by atoms with Crippen LogP contribution < -0.4 is 5.32 Å². The molecule has 1 saturated carbocycles. The van der Waals surface area contributed by atoms with E-state index >= 15 is 0 Å². The summed E-state index contributed by atoms with van der Waals surface area (Å²) in [6, 6.07) is 0. The van der Waals surface area contributed by atoms with Crippen molar-refractivity contribution in [3.05, 3.63) is 10.6 Å². The predicted molar refractivity (Wildman–Crippen MR) is 91.7 cm³/mol. The number of rotatable bonds is 5. The summed E-state index contributed by atoms with van der Waals surface area (Å²) < 4.78 is 36.9. The van der Waals surface area contributed by atoms with Crippen molar-refractivity contribution >= 4 is 16.5 Å². The molecule has 2 aliphatic rings. The predicted octanol–water partition coefficient (Wildman–Crippen LogP) is 4.49. The fourth-order valence-corrected chi connectivity index (χ4v) is 4.72. The first-order valence-corrected chi connectivity index (χ1v) is 9.83. The minimum absolute atomic E-state index is 0.410. The molecule has 3 nitrogen and oxygen atoms in total. The van der Waals surface area contributed by atoms with Gasteiger partial charge in [0.1, 0.15) is 6.54 Å². The van der Waals surface area contributed by atoms with Crippen molar-refractivity contribution in [2.24, 2.45) is 5.92 Å². The van der Waals surface area contributed by atoms with Crippen LogP contribution in [0, 0.1) is 5.92 Å². The third-order valence-electron chi connectivity index (χ3n) is 5.12. The van der Waals surface area contributed by atoms with Gasteiger partial charge in [-0.15, -0.1) is 11.3 Å². The highest BCUT2D eigenvalue weighted by Crippen LogP contribution is 2.29. The third kappa shape index (κ3) is 5.34. The second-order valence-corrected chi connectivity index (χ2v) is 8.08. The van der Waals surface area contributed by atoms with Crippen LogP contribution in [-0.4, -0.2) is 42.2 Å². The van der Waals surface area contributed by atoms with Crippen molar-refractivity contribution in [1.29, 1.82) is 0 Å². The molecule has 1 aliphatic carbocycles. The largest absolute Gasteiger partial charge is 0.405 e. The zero-order valence-corrected chi connectivity index (χ0v) is 14.8. The molecule has 1 aromatic heterocycles. The van der Waals surface area contributed by atoms with Gasteiger partial charge >= 0.3 is 6.18 Å². The lowest BCUT2D eigenvalue weighted by atomic mass is 9.87. The lowest BCUT2D eigenvalue weighted by molar-refractivity contribution is -0.115. The summed E-state index contributed by atoms with van der Waals surface area (Å²) >= 11 is 1.39. The van der Waals surface area contributed by atoms with Crippen molar-refractivity contribution in [3.8, 4) is 0 Å². The van der Waals surface area contributed by atoms with Gasteiger partial charge in [0.25, 0.3) is 0 Å². The Morgan fingerprint density at radius 2 is 1.88 bits per heavy atom. The molecule has 2 heterocycles. The number of hydrogen-bond acceptors (Lipinski definition) is 4. The molecular formula is C17H26F3N3S. The van der Waals surface area contributed by atoms with E-state index in [9.17, 15) is 13.2 Å². The highest BCUT2D eigenvalue weighted by Gasteiger charge is 2.28. The Balaban J connectivity index is 1.46. The van der Waals surface area contributed by atoms with E-state index in [4.69, 9.17) is 0 Å². The molecule has 1 aromatic rings. The van der Waals surface area contributed by atoms with Crippen LogP contribution in [0.1, 0.15) is 49.1 Å². The summed E-state index contributed by atoms with van der Waals surface area (Å²) in [6.45, 7) is 2.12. The number of nitrogens with one attached hydrogen (secondary N) is 1. The Morgan fingerprint density at radius 1 is 1.12 bits per heavy atom. The van der Waals surface area contributed by atoms with Gasteiger partial charge in [0.05, 0.1) is 5.69 Å². The number of nitrogens with zero attached hydrogens (tertiary/aromatic N) is 2. The molecule has 1 fully saturated rings. The molecule has 0 atom stereocenters. The number of aromatic nitrogens is 1. The van der Waals surface area contributed by atoms with Gasteiger partial charge in [-0.25, -0.2) is 4.98 Å². The SMILES string of the molecule is FC(F)(F)CNc1nc2c(s1)CCN(CCC1CCCCC1)CC2. The number of alkyl halides is 3. The second kappa shape index (κ2) is 8.04. The summed E-state index contributed by atoms with van der Waals surface area (Å²) in [4.78, 5) is 8.04. The van der Waals surface area contributed by atoms with Crippen molar-refractivity contribution < 1.29 is 13.2 Å². The molecule has 0 unspecified atom stereocenters. The summed E-state index contributed by atoms with van der Waals surface area (Å²) in [7, 11) is 0. The molecule has 136 valence electrons. The fourth-order valence-electron chi connectivity index (χ4n) is 3.73. The maximum atomic E-state index is 12.3. The van der Waals surface area contributed by atoms with Gasteiger partial charge in [0.2, 0.25) is 0 Å². The average Bonchev–Trinajstić information content (AvgIpc) is 2.85. The molecule has 0 aromatic carbocycles. The van der Waals surface area contributed by atoms with E-state index in [-0.39, 0.29) is 0 Å². The van der Waals surface area contributed by atoms with Crippen molar-refractivity contribution in [2.45, 2.75) is 57.5 Å². The summed E-state index contributed by atoms with van der Waals surface area (Å²) in [5.41, 5.74) is 0.991. The zero-order valence-electron chi connectivity index (χ0n) is 14.0. The first kappa shape index (κ1) is 18.0. The Kier molecular flexibility index (Phi) is 6.02. The fraction of sp³-hybridized carbons (Fsp3) is 0.824. The van der Waals surface area contributed by atoms with Crippen LogP contribution in [0.5, 0.6) is 0 Å². The first-order chi connectivity index (χ1) is 11.5. The quantitative estimate of drug-likeness (QED) is 0.838. The standard InChI is InChI=1S/C17H26F3N3S/c18-17(19,20)12-21-16-22-14-7-10-23(11-8-15(14)24-16)9-6-13-4-2-1-3-5-13/h13H,1-12H2,(H,21,22). The molecule has 3 rings (SSSR count). The van der Waals surface area contributed by atoms with Gasteiger partial charge in [0.15, 0.2) is 5.13 Å². The minimum atomic E-state index is -4.20. The highest BCUT2D eigenvalue weighted by atomic mass is 32.1. The lowest BCUT2D eigenvalue weighted by Gasteiger charge is -2.26. The van der Waals surface area contributed by atoms with E-state index in [2.05, 4.69) is 15.2 Å². The number of thiazole rings is 1. The molecule has 1 N–H and O–H groups in total. The Hall–Kier alpha value is -0.820. The van der Waals surface area contributed by atoms with Crippen LogP contribution in [-0.2, 0) is 12.8 Å². The molecule has 0 amide bonds. The molecule has 0 spiro atoms. The summed E-state index contributed by atoms with van der Waals surface area (Å²) in [5.74, 6) is 0.896. The van der Waals surface area contributed by atoms with Crippen LogP contribution >= 0.6 is 11.3 Å². The number of fused-ring (bicyclic) bond motifs is 1. The van der Waals surface area contributed by atoms with Gasteiger partial charge in [-0.05, 0) is 25.3 Å². The second-order valence-electron chi connectivity index (χ2n) is 6.99. The molecule has 0 bridgehead atoms. The smallest absolute Gasteiger partial charge is 0.352 e. The maximum absolute atomic E-state index is 12.3. The van der Waals surface area contributed by atoms with Crippen LogP contribution in [0.25, 0.3) is 0 Å². The van der Waals surface area contributed by atoms with E-state index in [0.29, 0.717) is 5.13 Å². The lowest BCUT2D eigenvalue weighted by Crippen LogP contribution is -2.29. The average molecular weight is 361 g/mol. The van der Waals surface area contributed by atoms with E-state index in [1.54, 1.807) is 0 Å². The van der Waals surface area contributed by atoms with Crippen molar-refractivity contribution in [3.63, 3.8) is 0 Å². The minimum Gasteiger partial charge on any atom is -0.352 e. The Labute approximate surface area is 145 Å². The molecule has 7 heteroatoms. The van der Waals surface area contributed by atoms with E-state index in [1.807, 2.05) is 0 Å². The summed E-state index contributed by atoms with van der Waals surface area (Å²) in [5, 5.41) is 2.82. The van der Waals surface area contributed by atoms with Gasteiger partial charge in [-0.1, -0.05) is 32.1 Å². The van der Waals surface area contributed by atoms with Crippen LogP contribution in [0.4, 0.5) is 18.3 Å². The first-order valence-electron chi connectivity index (χ1n) is 9.01. The van der Waals surface area contributed by atoms with Crippen molar-refractivity contribution in [1.82, 2.24) is 9.88 Å². The summed E-state index contributed by atoms with van der Waals surface area (Å²) in [6.07, 6.45) is 5.80. The Bertz CT molecular complexity index is 498. The van der Waals surface area contributed by atoms with Gasteiger partial charge in [-0.3, -0.25) is 0 Å². The molecule has 0 radical (unpaired) electrons.